The molecular formula is C19H19ClN4O2. The molecule has 2 amide bonds. The molecule has 1 aliphatic rings. The molecule has 1 saturated heterocycles. The lowest BCUT2D eigenvalue weighted by Crippen LogP contribution is -2.33. The fourth-order valence-electron chi connectivity index (χ4n) is 2.77. The van der Waals surface area contributed by atoms with Gasteiger partial charge in [0.25, 0.3) is 5.91 Å². The van der Waals surface area contributed by atoms with Gasteiger partial charge in [0.15, 0.2) is 0 Å². The molecule has 3 rings (SSSR count). The van der Waals surface area contributed by atoms with E-state index in [1.54, 1.807) is 35.2 Å². The Kier molecular flexibility index (Phi) is 5.53. The van der Waals surface area contributed by atoms with Crippen molar-refractivity contribution in [3.05, 3.63) is 65.8 Å². The summed E-state index contributed by atoms with van der Waals surface area (Å²) in [6.07, 6.45) is 3.75. The molecule has 26 heavy (non-hydrogen) atoms. The van der Waals surface area contributed by atoms with Gasteiger partial charge in [0.1, 0.15) is 11.9 Å². The first-order valence-corrected chi connectivity index (χ1v) is 8.65. The average Bonchev–Trinajstić information content (AvgIpc) is 3.01. The van der Waals surface area contributed by atoms with Gasteiger partial charge >= 0.3 is 0 Å². The molecule has 2 aromatic rings. The van der Waals surface area contributed by atoms with Gasteiger partial charge in [-0.05, 0) is 36.8 Å². The van der Waals surface area contributed by atoms with Crippen molar-refractivity contribution in [3.63, 3.8) is 0 Å². The Morgan fingerprint density at radius 1 is 1.38 bits per heavy atom. The molecule has 2 N–H and O–H groups in total. The Labute approximate surface area is 156 Å². The lowest BCUT2D eigenvalue weighted by Gasteiger charge is -2.17. The van der Waals surface area contributed by atoms with Gasteiger partial charge in [-0.1, -0.05) is 23.7 Å². The molecule has 1 atom stereocenters. The van der Waals surface area contributed by atoms with Crippen molar-refractivity contribution in [1.29, 1.82) is 0 Å². The summed E-state index contributed by atoms with van der Waals surface area (Å²) >= 11 is 6.01. The van der Waals surface area contributed by atoms with Gasteiger partial charge < -0.3 is 15.5 Å². The van der Waals surface area contributed by atoms with Crippen LogP contribution < -0.4 is 15.5 Å². The highest BCUT2D eigenvalue weighted by molar-refractivity contribution is 6.31. The van der Waals surface area contributed by atoms with Gasteiger partial charge in [0.05, 0.1) is 5.56 Å². The van der Waals surface area contributed by atoms with E-state index >= 15 is 0 Å². The van der Waals surface area contributed by atoms with Crippen LogP contribution in [0.25, 0.3) is 0 Å². The average molecular weight is 371 g/mol. The van der Waals surface area contributed by atoms with Gasteiger partial charge in [-0.2, -0.15) is 0 Å². The van der Waals surface area contributed by atoms with Crippen molar-refractivity contribution in [2.24, 2.45) is 0 Å². The highest BCUT2D eigenvalue weighted by Gasteiger charge is 2.32. The number of rotatable bonds is 6. The number of hydrogen-bond acceptors (Lipinski definition) is 4. The molecule has 0 spiro atoms. The molecule has 7 heteroatoms. The number of carbonyl (C=O) groups is 2. The predicted octanol–water partition coefficient (Wildman–Crippen LogP) is 2.87. The molecular weight excluding hydrogens is 352 g/mol. The highest BCUT2D eigenvalue weighted by Crippen LogP contribution is 2.25. The Bertz CT molecular complexity index is 823. The lowest BCUT2D eigenvalue weighted by molar-refractivity contribution is -0.117. The van der Waals surface area contributed by atoms with E-state index in [2.05, 4.69) is 22.2 Å². The zero-order valence-electron chi connectivity index (χ0n) is 14.1. The van der Waals surface area contributed by atoms with Crippen molar-refractivity contribution >= 4 is 34.9 Å². The van der Waals surface area contributed by atoms with Crippen LogP contribution in [0.15, 0.2) is 55.3 Å². The smallest absolute Gasteiger partial charge is 0.253 e. The Hall–Kier alpha value is -2.86. The first-order valence-electron chi connectivity index (χ1n) is 8.27. The number of anilines is 2. The number of benzene rings is 1. The van der Waals surface area contributed by atoms with Crippen molar-refractivity contribution in [1.82, 2.24) is 10.3 Å². The summed E-state index contributed by atoms with van der Waals surface area (Å²) in [4.78, 5) is 30.4. The maximum absolute atomic E-state index is 12.6. The van der Waals surface area contributed by atoms with Gasteiger partial charge in [0.2, 0.25) is 5.91 Å². The maximum Gasteiger partial charge on any atom is 0.253 e. The van der Waals surface area contributed by atoms with Crippen LogP contribution >= 0.6 is 11.6 Å². The molecule has 1 aliphatic heterocycles. The summed E-state index contributed by atoms with van der Waals surface area (Å²) in [6, 6.07) is 10.2. The highest BCUT2D eigenvalue weighted by atomic mass is 35.5. The minimum atomic E-state index is -0.359. The molecule has 1 aromatic carbocycles. The van der Waals surface area contributed by atoms with E-state index in [4.69, 9.17) is 11.6 Å². The van der Waals surface area contributed by atoms with Crippen LogP contribution in [0.3, 0.4) is 0 Å². The number of hydrogen-bond donors (Lipinski definition) is 2. The number of carbonyl (C=O) groups excluding carboxylic acids is 2. The third-order valence-electron chi connectivity index (χ3n) is 4.08. The predicted molar refractivity (Wildman–Crippen MR) is 103 cm³/mol. The zero-order chi connectivity index (χ0) is 18.5. The van der Waals surface area contributed by atoms with Crippen molar-refractivity contribution in [2.45, 2.75) is 12.5 Å². The van der Waals surface area contributed by atoms with E-state index in [1.807, 2.05) is 12.1 Å². The molecule has 0 saturated carbocycles. The Balaban J connectivity index is 1.63. The molecule has 0 aliphatic carbocycles. The van der Waals surface area contributed by atoms with Crippen LogP contribution in [0.4, 0.5) is 11.5 Å². The minimum absolute atomic E-state index is 0.0260. The second-order valence-electron chi connectivity index (χ2n) is 5.89. The van der Waals surface area contributed by atoms with E-state index in [1.165, 1.54) is 6.20 Å². The summed E-state index contributed by atoms with van der Waals surface area (Å²) in [6.45, 7) is 4.56. The monoisotopic (exact) mass is 370 g/mol. The standard InChI is InChI=1S/C19H19ClN4O2/c1-2-9-21-18(25)13-6-7-17(22-12-13)23-16-8-10-24(19(16)26)15-5-3-4-14(20)11-15/h2-7,11-12,16H,1,8-10H2,(H,21,25)(H,22,23). The van der Waals surface area contributed by atoms with E-state index in [0.29, 0.717) is 35.9 Å². The molecule has 0 bridgehead atoms. The summed E-state index contributed by atoms with van der Waals surface area (Å²) < 4.78 is 0. The van der Waals surface area contributed by atoms with Gasteiger partial charge in [-0.3, -0.25) is 9.59 Å². The molecule has 6 nitrogen and oxygen atoms in total. The maximum atomic E-state index is 12.6. The number of amides is 2. The van der Waals surface area contributed by atoms with Crippen LogP contribution in [0, 0.1) is 0 Å². The second kappa shape index (κ2) is 8.01. The normalized spacial score (nSPS) is 16.4. The molecule has 1 aromatic heterocycles. The van der Waals surface area contributed by atoms with E-state index in [9.17, 15) is 9.59 Å². The van der Waals surface area contributed by atoms with Crippen LogP contribution in [-0.2, 0) is 4.79 Å². The topological polar surface area (TPSA) is 74.3 Å². The summed E-state index contributed by atoms with van der Waals surface area (Å²) in [5, 5.41) is 6.41. The van der Waals surface area contributed by atoms with E-state index < -0.39 is 0 Å². The Morgan fingerprint density at radius 3 is 2.92 bits per heavy atom. The Morgan fingerprint density at radius 2 is 2.23 bits per heavy atom. The van der Waals surface area contributed by atoms with Crippen molar-refractivity contribution in [3.8, 4) is 0 Å². The van der Waals surface area contributed by atoms with Crippen LogP contribution in [0.1, 0.15) is 16.8 Å². The quantitative estimate of drug-likeness (QED) is 0.767. The molecule has 1 fully saturated rings. The summed E-state index contributed by atoms with van der Waals surface area (Å²) in [5.74, 6) is 0.312. The summed E-state index contributed by atoms with van der Waals surface area (Å²) in [7, 11) is 0. The first kappa shape index (κ1) is 17.9. The summed E-state index contributed by atoms with van der Waals surface area (Å²) in [5.41, 5.74) is 1.24. The first-order chi connectivity index (χ1) is 12.6. The third kappa shape index (κ3) is 4.03. The largest absolute Gasteiger partial charge is 0.358 e. The van der Waals surface area contributed by atoms with E-state index in [-0.39, 0.29) is 17.9 Å². The number of aromatic nitrogens is 1. The number of nitrogens with zero attached hydrogens (tertiary/aromatic N) is 2. The fraction of sp³-hybridized carbons (Fsp3) is 0.211. The van der Waals surface area contributed by atoms with Crippen molar-refractivity contribution in [2.75, 3.05) is 23.3 Å². The number of halogens is 1. The van der Waals surface area contributed by atoms with Gasteiger partial charge in [-0.25, -0.2) is 4.98 Å². The van der Waals surface area contributed by atoms with Gasteiger partial charge in [0, 0.05) is 30.0 Å². The van der Waals surface area contributed by atoms with Crippen LogP contribution in [0.2, 0.25) is 5.02 Å². The zero-order valence-corrected chi connectivity index (χ0v) is 14.9. The number of pyridine rings is 1. The fourth-order valence-corrected chi connectivity index (χ4v) is 2.96. The van der Waals surface area contributed by atoms with Crippen molar-refractivity contribution < 1.29 is 9.59 Å². The molecule has 134 valence electrons. The second-order valence-corrected chi connectivity index (χ2v) is 6.32. The van der Waals surface area contributed by atoms with Crippen LogP contribution in [0.5, 0.6) is 0 Å². The molecule has 1 unspecified atom stereocenters. The van der Waals surface area contributed by atoms with Gasteiger partial charge in [-0.15, -0.1) is 6.58 Å². The third-order valence-corrected chi connectivity index (χ3v) is 4.32. The SMILES string of the molecule is C=CCNC(=O)c1ccc(NC2CCN(c3cccc(Cl)c3)C2=O)nc1. The molecule has 2 heterocycles. The number of nitrogens with one attached hydrogen (secondary N) is 2. The minimum Gasteiger partial charge on any atom is -0.358 e. The van der Waals surface area contributed by atoms with Crippen LogP contribution in [-0.4, -0.2) is 35.9 Å². The lowest BCUT2D eigenvalue weighted by atomic mass is 10.2. The molecule has 0 radical (unpaired) electrons. The van der Waals surface area contributed by atoms with E-state index in [0.717, 1.165) is 5.69 Å².